The van der Waals surface area contributed by atoms with Crippen molar-refractivity contribution in [1.82, 2.24) is 10.2 Å². The summed E-state index contributed by atoms with van der Waals surface area (Å²) < 4.78 is 34.6. The van der Waals surface area contributed by atoms with Crippen molar-refractivity contribution in [2.24, 2.45) is 0 Å². The van der Waals surface area contributed by atoms with E-state index in [0.29, 0.717) is 17.7 Å². The van der Waals surface area contributed by atoms with Gasteiger partial charge < -0.3 is 15.0 Å². The predicted molar refractivity (Wildman–Crippen MR) is 183 cm³/mol. The number of carbonyl (C=O) groups is 2. The summed E-state index contributed by atoms with van der Waals surface area (Å²) >= 11 is 12.6. The van der Waals surface area contributed by atoms with Crippen LogP contribution in [0.5, 0.6) is 5.75 Å². The molecule has 0 saturated carbocycles. The van der Waals surface area contributed by atoms with E-state index in [1.165, 1.54) is 35.2 Å². The van der Waals surface area contributed by atoms with E-state index in [0.717, 1.165) is 9.87 Å². The van der Waals surface area contributed by atoms with Crippen LogP contribution in [0.15, 0.2) is 108 Å². The van der Waals surface area contributed by atoms with Gasteiger partial charge in [-0.2, -0.15) is 0 Å². The molecule has 242 valence electrons. The lowest BCUT2D eigenvalue weighted by Gasteiger charge is -2.34. The van der Waals surface area contributed by atoms with Crippen LogP contribution in [0.25, 0.3) is 0 Å². The van der Waals surface area contributed by atoms with Crippen LogP contribution in [0.1, 0.15) is 31.4 Å². The monoisotopic (exact) mass is 681 g/mol. The SMILES string of the molecule is CC[C@H](C)NC(=O)[C@@H](Cc1ccccc1)N(Cc1cccc(OC)c1)C(=O)CN(c1cc(Cl)cc(Cl)c1)S(=O)(=O)c1ccccc1. The van der Waals surface area contributed by atoms with Crippen molar-refractivity contribution in [1.29, 1.82) is 0 Å². The van der Waals surface area contributed by atoms with Crippen molar-refractivity contribution in [3.05, 3.63) is 124 Å². The number of nitrogens with one attached hydrogen (secondary N) is 1. The first-order valence-corrected chi connectivity index (χ1v) is 17.0. The maximum absolute atomic E-state index is 14.6. The van der Waals surface area contributed by atoms with Gasteiger partial charge in [0.2, 0.25) is 11.8 Å². The molecule has 2 amide bonds. The topological polar surface area (TPSA) is 96.0 Å². The molecule has 4 rings (SSSR count). The highest BCUT2D eigenvalue weighted by Crippen LogP contribution is 2.30. The first-order valence-electron chi connectivity index (χ1n) is 14.8. The van der Waals surface area contributed by atoms with Gasteiger partial charge in [0, 0.05) is 29.1 Å². The number of benzene rings is 4. The molecule has 0 spiro atoms. The molecule has 0 saturated heterocycles. The molecule has 0 unspecified atom stereocenters. The summed E-state index contributed by atoms with van der Waals surface area (Å²) in [6.07, 6.45) is 0.888. The lowest BCUT2D eigenvalue weighted by Crippen LogP contribution is -2.54. The van der Waals surface area contributed by atoms with Gasteiger partial charge in [0.25, 0.3) is 10.0 Å². The second kappa shape index (κ2) is 16.0. The largest absolute Gasteiger partial charge is 0.497 e. The second-order valence-electron chi connectivity index (χ2n) is 10.8. The van der Waals surface area contributed by atoms with Crippen LogP contribution < -0.4 is 14.4 Å². The van der Waals surface area contributed by atoms with Crippen LogP contribution in [-0.4, -0.2) is 50.9 Å². The summed E-state index contributed by atoms with van der Waals surface area (Å²) in [7, 11) is -2.74. The van der Waals surface area contributed by atoms with Crippen LogP contribution in [0.3, 0.4) is 0 Å². The first-order chi connectivity index (χ1) is 22.0. The van der Waals surface area contributed by atoms with Gasteiger partial charge in [-0.25, -0.2) is 8.42 Å². The number of rotatable bonds is 14. The summed E-state index contributed by atoms with van der Waals surface area (Å²) in [6.45, 7) is 3.23. The number of anilines is 1. The van der Waals surface area contributed by atoms with Gasteiger partial charge >= 0.3 is 0 Å². The summed E-state index contributed by atoms with van der Waals surface area (Å²) in [5.74, 6) is -0.369. The Balaban J connectivity index is 1.83. The minimum absolute atomic E-state index is 0.0109. The van der Waals surface area contributed by atoms with Crippen molar-refractivity contribution >= 4 is 50.7 Å². The molecule has 0 fully saturated rings. The highest BCUT2D eigenvalue weighted by molar-refractivity contribution is 7.92. The van der Waals surface area contributed by atoms with Gasteiger partial charge in [0.05, 0.1) is 17.7 Å². The fourth-order valence-corrected chi connectivity index (χ4v) is 6.83. The second-order valence-corrected chi connectivity index (χ2v) is 13.6. The molecule has 4 aromatic rings. The normalized spacial score (nSPS) is 12.5. The Labute approximate surface area is 280 Å². The lowest BCUT2D eigenvalue weighted by molar-refractivity contribution is -0.140. The van der Waals surface area contributed by atoms with E-state index in [2.05, 4.69) is 5.32 Å². The van der Waals surface area contributed by atoms with E-state index in [1.54, 1.807) is 43.5 Å². The predicted octanol–water partition coefficient (Wildman–Crippen LogP) is 6.75. The van der Waals surface area contributed by atoms with Crippen LogP contribution in [0.2, 0.25) is 10.0 Å². The molecule has 2 atom stereocenters. The van der Waals surface area contributed by atoms with Gasteiger partial charge in [-0.05, 0) is 66.9 Å². The van der Waals surface area contributed by atoms with Crippen molar-refractivity contribution in [2.45, 2.75) is 50.2 Å². The average molecular weight is 683 g/mol. The third-order valence-corrected chi connectivity index (χ3v) is 9.73. The number of carbonyl (C=O) groups excluding carboxylic acids is 2. The number of ether oxygens (including phenoxy) is 1. The minimum atomic E-state index is -4.28. The Morgan fingerprint density at radius 2 is 1.46 bits per heavy atom. The molecule has 0 aromatic heterocycles. The fourth-order valence-electron chi connectivity index (χ4n) is 4.89. The van der Waals surface area contributed by atoms with Gasteiger partial charge in [-0.1, -0.05) is 90.8 Å². The standard InChI is InChI=1S/C35H37Cl2N3O5S/c1-4-25(2)38-35(42)33(19-26-12-7-5-8-13-26)39(23-27-14-11-15-31(18-27)45-3)34(41)24-40(30-21-28(36)20-29(37)22-30)46(43,44)32-16-9-6-10-17-32/h5-18,20-22,25,33H,4,19,23-24H2,1-3H3,(H,38,42)/t25-,33+/m0/s1. The molecule has 0 bridgehead atoms. The van der Waals surface area contributed by atoms with Crippen LogP contribution in [0.4, 0.5) is 5.69 Å². The summed E-state index contributed by atoms with van der Waals surface area (Å²) in [5.41, 5.74) is 1.65. The van der Waals surface area contributed by atoms with E-state index in [4.69, 9.17) is 27.9 Å². The van der Waals surface area contributed by atoms with Crippen LogP contribution >= 0.6 is 23.2 Å². The molecular weight excluding hydrogens is 645 g/mol. The number of nitrogens with zero attached hydrogens (tertiary/aromatic N) is 2. The van der Waals surface area contributed by atoms with E-state index >= 15 is 0 Å². The maximum atomic E-state index is 14.6. The average Bonchev–Trinajstić information content (AvgIpc) is 3.05. The summed E-state index contributed by atoms with van der Waals surface area (Å²) in [5, 5.41) is 3.43. The molecule has 1 N–H and O–H groups in total. The summed E-state index contributed by atoms with van der Waals surface area (Å²) in [4.78, 5) is 29.9. The third kappa shape index (κ3) is 9.02. The lowest BCUT2D eigenvalue weighted by atomic mass is 10.0. The molecule has 8 nitrogen and oxygen atoms in total. The Morgan fingerprint density at radius 3 is 2.07 bits per heavy atom. The minimum Gasteiger partial charge on any atom is -0.497 e. The highest BCUT2D eigenvalue weighted by Gasteiger charge is 2.35. The van der Waals surface area contributed by atoms with Gasteiger partial charge in [-0.3, -0.25) is 13.9 Å². The Bertz CT molecular complexity index is 1720. The Hall–Kier alpha value is -4.05. The third-order valence-electron chi connectivity index (χ3n) is 7.50. The fraction of sp³-hybridized carbons (Fsp3) is 0.257. The molecule has 0 heterocycles. The van der Waals surface area contributed by atoms with Crippen molar-refractivity contribution in [3.63, 3.8) is 0 Å². The number of hydrogen-bond donors (Lipinski definition) is 1. The molecule has 4 aromatic carbocycles. The molecule has 0 radical (unpaired) electrons. The molecule has 46 heavy (non-hydrogen) atoms. The Kier molecular flexibility index (Phi) is 12.1. The maximum Gasteiger partial charge on any atom is 0.264 e. The van der Waals surface area contributed by atoms with E-state index in [1.807, 2.05) is 50.2 Å². The van der Waals surface area contributed by atoms with Gasteiger partial charge in [-0.15, -0.1) is 0 Å². The number of sulfonamides is 1. The first kappa shape index (κ1) is 34.8. The van der Waals surface area contributed by atoms with Gasteiger partial charge in [0.15, 0.2) is 0 Å². The van der Waals surface area contributed by atoms with Crippen LogP contribution in [-0.2, 0) is 32.6 Å². The zero-order valence-corrected chi connectivity index (χ0v) is 28.2. The van der Waals surface area contributed by atoms with Crippen molar-refractivity contribution in [3.8, 4) is 5.75 Å². The Morgan fingerprint density at radius 1 is 0.848 bits per heavy atom. The molecule has 11 heteroatoms. The van der Waals surface area contributed by atoms with Crippen LogP contribution in [0, 0.1) is 0 Å². The van der Waals surface area contributed by atoms with Crippen molar-refractivity contribution in [2.75, 3.05) is 18.0 Å². The molecular formula is C35H37Cl2N3O5S. The number of amides is 2. The zero-order chi connectivity index (χ0) is 33.3. The van der Waals surface area contributed by atoms with E-state index in [-0.39, 0.29) is 45.5 Å². The highest BCUT2D eigenvalue weighted by atomic mass is 35.5. The quantitative estimate of drug-likeness (QED) is 0.159. The summed E-state index contributed by atoms with van der Waals surface area (Å²) in [6, 6.07) is 27.6. The molecule has 0 aliphatic rings. The molecule has 0 aliphatic heterocycles. The van der Waals surface area contributed by atoms with E-state index in [9.17, 15) is 18.0 Å². The van der Waals surface area contributed by atoms with Gasteiger partial charge in [0.1, 0.15) is 18.3 Å². The smallest absolute Gasteiger partial charge is 0.264 e. The number of methoxy groups -OCH3 is 1. The molecule has 0 aliphatic carbocycles. The van der Waals surface area contributed by atoms with Crippen molar-refractivity contribution < 1.29 is 22.7 Å². The van der Waals surface area contributed by atoms with E-state index < -0.39 is 28.5 Å². The number of halogens is 2. The number of hydrogen-bond acceptors (Lipinski definition) is 5. The zero-order valence-electron chi connectivity index (χ0n) is 25.9.